The molecule has 0 bridgehead atoms. The van der Waals surface area contributed by atoms with Crippen LogP contribution in [0.25, 0.3) is 0 Å². The topological polar surface area (TPSA) is 20.3 Å². The molecule has 3 atom stereocenters. The summed E-state index contributed by atoms with van der Waals surface area (Å²) in [5.74, 6) is 2.14. The second-order valence-corrected chi connectivity index (χ2v) is 7.50. The smallest absolute Gasteiger partial charge is 0.229 e. The van der Waals surface area contributed by atoms with Crippen molar-refractivity contribution >= 4 is 5.91 Å². The first-order valence-electron chi connectivity index (χ1n) is 8.59. The van der Waals surface area contributed by atoms with E-state index in [2.05, 4.69) is 24.8 Å². The maximum absolute atomic E-state index is 13.0. The average molecular weight is 275 g/mol. The number of likely N-dealkylation sites (tertiary alicyclic amines) is 1. The number of allylic oxidation sites excluding steroid dienone is 2. The highest BCUT2D eigenvalue weighted by molar-refractivity contribution is 5.83. The van der Waals surface area contributed by atoms with Gasteiger partial charge >= 0.3 is 0 Å². The predicted molar refractivity (Wildman–Crippen MR) is 82.4 cm³/mol. The number of fused-ring (bicyclic) bond motifs is 1. The molecule has 1 amide bonds. The van der Waals surface area contributed by atoms with Gasteiger partial charge in [0.25, 0.3) is 0 Å². The van der Waals surface area contributed by atoms with Crippen LogP contribution in [0.5, 0.6) is 0 Å². The minimum Gasteiger partial charge on any atom is -0.342 e. The molecular weight excluding hydrogens is 246 g/mol. The first-order valence-corrected chi connectivity index (χ1v) is 8.59. The monoisotopic (exact) mass is 275 g/mol. The van der Waals surface area contributed by atoms with Gasteiger partial charge in [0, 0.05) is 13.1 Å². The highest BCUT2D eigenvalue weighted by Crippen LogP contribution is 2.42. The van der Waals surface area contributed by atoms with Crippen molar-refractivity contribution in [1.29, 1.82) is 0 Å². The maximum atomic E-state index is 13.0. The Hall–Kier alpha value is -0.790. The fraction of sp³-hybridized carbons (Fsp3) is 0.833. The summed E-state index contributed by atoms with van der Waals surface area (Å²) in [4.78, 5) is 15.2. The Morgan fingerprint density at radius 2 is 2.05 bits per heavy atom. The van der Waals surface area contributed by atoms with Crippen LogP contribution in [0.2, 0.25) is 0 Å². The van der Waals surface area contributed by atoms with Gasteiger partial charge in [0.15, 0.2) is 0 Å². The zero-order valence-corrected chi connectivity index (χ0v) is 13.2. The Labute approximate surface area is 123 Å². The van der Waals surface area contributed by atoms with Crippen LogP contribution in [0.15, 0.2) is 11.6 Å². The minimum atomic E-state index is -0.132. The number of piperidine rings is 1. The third-order valence-corrected chi connectivity index (χ3v) is 6.01. The summed E-state index contributed by atoms with van der Waals surface area (Å²) >= 11 is 0. The Bertz CT molecular complexity index is 414. The first-order chi connectivity index (χ1) is 9.62. The van der Waals surface area contributed by atoms with Gasteiger partial charge in [-0.3, -0.25) is 4.79 Å². The van der Waals surface area contributed by atoms with E-state index >= 15 is 0 Å². The zero-order chi connectivity index (χ0) is 14.2. The van der Waals surface area contributed by atoms with E-state index in [1.807, 2.05) is 0 Å². The summed E-state index contributed by atoms with van der Waals surface area (Å²) in [5, 5.41) is 0. The molecule has 112 valence electrons. The van der Waals surface area contributed by atoms with E-state index in [0.717, 1.165) is 44.2 Å². The summed E-state index contributed by atoms with van der Waals surface area (Å²) in [7, 11) is 0. The number of rotatable bonds is 2. The lowest BCUT2D eigenvalue weighted by molar-refractivity contribution is -0.144. The van der Waals surface area contributed by atoms with Crippen molar-refractivity contribution in [2.24, 2.45) is 17.3 Å². The highest BCUT2D eigenvalue weighted by atomic mass is 16.2. The number of amides is 1. The molecule has 0 aromatic rings. The van der Waals surface area contributed by atoms with Crippen molar-refractivity contribution in [3.63, 3.8) is 0 Å². The fourth-order valence-electron chi connectivity index (χ4n) is 4.61. The molecule has 0 aromatic carbocycles. The van der Waals surface area contributed by atoms with Gasteiger partial charge in [0.1, 0.15) is 0 Å². The molecule has 3 rings (SSSR count). The lowest BCUT2D eigenvalue weighted by Crippen LogP contribution is -2.49. The standard InChI is InChI=1S/C18H29NO/c1-3-14-8-10-18(2,12-14)17(20)19-11-9-15-6-4-5-7-16(15)13-19/h8,15-16H,3-7,9-13H2,1-2H3. The number of carbonyl (C=O) groups excluding carboxylic acids is 1. The van der Waals surface area contributed by atoms with Gasteiger partial charge in [-0.25, -0.2) is 0 Å². The van der Waals surface area contributed by atoms with E-state index in [1.165, 1.54) is 37.7 Å². The highest BCUT2D eigenvalue weighted by Gasteiger charge is 2.42. The third kappa shape index (κ3) is 2.54. The Balaban J connectivity index is 1.63. The first kappa shape index (κ1) is 14.2. The number of hydrogen-bond acceptors (Lipinski definition) is 1. The Morgan fingerprint density at radius 3 is 2.75 bits per heavy atom. The van der Waals surface area contributed by atoms with E-state index < -0.39 is 0 Å². The van der Waals surface area contributed by atoms with Gasteiger partial charge in [-0.1, -0.05) is 44.8 Å². The fourth-order valence-corrected chi connectivity index (χ4v) is 4.61. The largest absolute Gasteiger partial charge is 0.342 e. The molecule has 2 nitrogen and oxygen atoms in total. The number of nitrogens with zero attached hydrogens (tertiary/aromatic N) is 1. The van der Waals surface area contributed by atoms with Crippen molar-refractivity contribution in [3.8, 4) is 0 Å². The minimum absolute atomic E-state index is 0.132. The Kier molecular flexibility index (Phi) is 3.92. The van der Waals surface area contributed by atoms with E-state index in [1.54, 1.807) is 0 Å². The van der Waals surface area contributed by atoms with Crippen LogP contribution in [-0.4, -0.2) is 23.9 Å². The van der Waals surface area contributed by atoms with Crippen molar-refractivity contribution in [3.05, 3.63) is 11.6 Å². The van der Waals surface area contributed by atoms with E-state index in [0.29, 0.717) is 5.91 Å². The molecule has 1 saturated carbocycles. The van der Waals surface area contributed by atoms with Gasteiger partial charge < -0.3 is 4.90 Å². The van der Waals surface area contributed by atoms with Crippen LogP contribution in [0.4, 0.5) is 0 Å². The SMILES string of the molecule is CCC1=CCC(C)(C(=O)N2CCC3CCCCC3C2)C1. The molecule has 2 fully saturated rings. The second-order valence-electron chi connectivity index (χ2n) is 7.50. The molecule has 20 heavy (non-hydrogen) atoms. The quantitative estimate of drug-likeness (QED) is 0.693. The summed E-state index contributed by atoms with van der Waals surface area (Å²) in [6.07, 6.45) is 12.2. The molecule has 0 spiro atoms. The van der Waals surface area contributed by atoms with Crippen LogP contribution in [0.3, 0.4) is 0 Å². The van der Waals surface area contributed by atoms with Crippen molar-refractivity contribution in [2.45, 2.75) is 65.2 Å². The molecule has 1 aliphatic heterocycles. The molecule has 2 heteroatoms. The van der Waals surface area contributed by atoms with E-state index in [9.17, 15) is 4.79 Å². The van der Waals surface area contributed by atoms with Gasteiger partial charge in [-0.15, -0.1) is 0 Å². The zero-order valence-electron chi connectivity index (χ0n) is 13.2. The maximum Gasteiger partial charge on any atom is 0.229 e. The van der Waals surface area contributed by atoms with Crippen LogP contribution in [0.1, 0.15) is 65.2 Å². The molecule has 0 aromatic heterocycles. The molecule has 3 unspecified atom stereocenters. The average Bonchev–Trinajstić information content (AvgIpc) is 2.89. The van der Waals surface area contributed by atoms with Crippen molar-refractivity contribution < 1.29 is 4.79 Å². The van der Waals surface area contributed by atoms with Gasteiger partial charge in [0.2, 0.25) is 5.91 Å². The van der Waals surface area contributed by atoms with Crippen LogP contribution in [-0.2, 0) is 4.79 Å². The van der Waals surface area contributed by atoms with Gasteiger partial charge in [-0.05, 0) is 43.9 Å². The summed E-state index contributed by atoms with van der Waals surface area (Å²) < 4.78 is 0. The van der Waals surface area contributed by atoms with E-state index in [-0.39, 0.29) is 5.41 Å². The van der Waals surface area contributed by atoms with Crippen LogP contribution in [0, 0.1) is 17.3 Å². The normalized spacial score (nSPS) is 37.5. The molecular formula is C18H29NO. The molecule has 3 aliphatic rings. The van der Waals surface area contributed by atoms with Crippen molar-refractivity contribution in [1.82, 2.24) is 4.90 Å². The summed E-state index contributed by atoms with van der Waals surface area (Å²) in [5.41, 5.74) is 1.35. The van der Waals surface area contributed by atoms with E-state index in [4.69, 9.17) is 0 Å². The lowest BCUT2D eigenvalue weighted by Gasteiger charge is -2.43. The number of carbonyl (C=O) groups is 1. The molecule has 0 N–H and O–H groups in total. The molecule has 2 aliphatic carbocycles. The Morgan fingerprint density at radius 1 is 1.30 bits per heavy atom. The van der Waals surface area contributed by atoms with Crippen molar-refractivity contribution in [2.75, 3.05) is 13.1 Å². The van der Waals surface area contributed by atoms with Crippen LogP contribution < -0.4 is 0 Å². The lowest BCUT2D eigenvalue weighted by atomic mass is 9.74. The number of hydrogen-bond donors (Lipinski definition) is 0. The molecule has 1 saturated heterocycles. The summed E-state index contributed by atoms with van der Waals surface area (Å²) in [6, 6.07) is 0. The third-order valence-electron chi connectivity index (χ3n) is 6.01. The van der Waals surface area contributed by atoms with Gasteiger partial charge in [-0.2, -0.15) is 0 Å². The summed E-state index contributed by atoms with van der Waals surface area (Å²) in [6.45, 7) is 6.44. The van der Waals surface area contributed by atoms with Gasteiger partial charge in [0.05, 0.1) is 5.41 Å². The molecule has 1 heterocycles. The molecule has 0 radical (unpaired) electrons. The second kappa shape index (κ2) is 5.54. The predicted octanol–water partition coefficient (Wildman–Crippen LogP) is 4.16. The van der Waals surface area contributed by atoms with Crippen LogP contribution >= 0.6 is 0 Å².